The average molecular weight is 377 g/mol. The molecule has 3 rings (SSSR count). The third-order valence-electron chi connectivity index (χ3n) is 4.58. The Bertz CT molecular complexity index is 547. The summed E-state index contributed by atoms with van der Waals surface area (Å²) in [6, 6.07) is 3.60. The topological polar surface area (TPSA) is 77.5 Å². The predicted octanol–water partition coefficient (Wildman–Crippen LogP) is 1.08. The van der Waals surface area contributed by atoms with Crippen LogP contribution in [0.4, 0.5) is 5.82 Å². The van der Waals surface area contributed by atoms with Crippen LogP contribution in [0.15, 0.2) is 18.3 Å². The molecule has 3 unspecified atom stereocenters. The Labute approximate surface area is 155 Å². The average Bonchev–Trinajstić information content (AvgIpc) is 3.13. The molecule has 3 heterocycles. The van der Waals surface area contributed by atoms with E-state index in [4.69, 9.17) is 0 Å². The SMILES string of the molecule is CC1CCN(c2cc(C(=O)NCC3CNCC3O)ccn2)C1.Cl.Cl. The van der Waals surface area contributed by atoms with Crippen molar-refractivity contribution >= 4 is 36.5 Å². The minimum atomic E-state index is -0.376. The Morgan fingerprint density at radius 3 is 2.88 bits per heavy atom. The van der Waals surface area contributed by atoms with Crippen LogP contribution in [0.5, 0.6) is 0 Å². The number of carbonyl (C=O) groups excluding carboxylic acids is 1. The number of nitrogens with zero attached hydrogens (tertiary/aromatic N) is 2. The summed E-state index contributed by atoms with van der Waals surface area (Å²) < 4.78 is 0. The molecule has 3 atom stereocenters. The molecule has 1 aromatic rings. The highest BCUT2D eigenvalue weighted by Crippen LogP contribution is 2.22. The second kappa shape index (κ2) is 9.42. The molecule has 0 aromatic carbocycles. The normalized spacial score (nSPS) is 25.8. The lowest BCUT2D eigenvalue weighted by Gasteiger charge is -2.18. The predicted molar refractivity (Wildman–Crippen MR) is 99.4 cm³/mol. The first kappa shape index (κ1) is 21.0. The third-order valence-corrected chi connectivity index (χ3v) is 4.58. The molecule has 1 aromatic heterocycles. The van der Waals surface area contributed by atoms with Gasteiger partial charge in [-0.25, -0.2) is 4.98 Å². The Kier molecular flexibility index (Phi) is 8.22. The molecule has 0 radical (unpaired) electrons. The first-order valence-corrected chi connectivity index (χ1v) is 8.01. The van der Waals surface area contributed by atoms with Crippen LogP contribution in [-0.4, -0.2) is 54.8 Å². The number of halogens is 2. The largest absolute Gasteiger partial charge is 0.391 e. The molecule has 0 saturated carbocycles. The van der Waals surface area contributed by atoms with Crippen molar-refractivity contribution in [1.82, 2.24) is 15.6 Å². The molecule has 2 aliphatic heterocycles. The van der Waals surface area contributed by atoms with Crippen molar-refractivity contribution in [3.63, 3.8) is 0 Å². The number of amides is 1. The van der Waals surface area contributed by atoms with Crippen LogP contribution < -0.4 is 15.5 Å². The summed E-state index contributed by atoms with van der Waals surface area (Å²) in [7, 11) is 0. The molecule has 1 amide bonds. The second-order valence-electron chi connectivity index (χ2n) is 6.44. The van der Waals surface area contributed by atoms with Crippen molar-refractivity contribution < 1.29 is 9.90 Å². The van der Waals surface area contributed by atoms with E-state index < -0.39 is 0 Å². The molecule has 8 heteroatoms. The van der Waals surface area contributed by atoms with Crippen LogP contribution in [0.3, 0.4) is 0 Å². The lowest BCUT2D eigenvalue weighted by atomic mass is 10.1. The van der Waals surface area contributed by atoms with E-state index in [0.29, 0.717) is 24.6 Å². The van der Waals surface area contributed by atoms with Gasteiger partial charge < -0.3 is 20.6 Å². The molecule has 0 spiro atoms. The van der Waals surface area contributed by atoms with E-state index >= 15 is 0 Å². The number of β-amino-alcohol motifs (C(OH)–C–C–N with tert-alkyl or cyclic N) is 1. The fourth-order valence-electron chi connectivity index (χ4n) is 3.13. The van der Waals surface area contributed by atoms with Crippen molar-refractivity contribution in [2.45, 2.75) is 19.4 Å². The highest BCUT2D eigenvalue weighted by Gasteiger charge is 2.25. The summed E-state index contributed by atoms with van der Waals surface area (Å²) in [4.78, 5) is 18.9. The Morgan fingerprint density at radius 1 is 1.46 bits per heavy atom. The molecule has 2 aliphatic rings. The summed E-state index contributed by atoms with van der Waals surface area (Å²) in [5.74, 6) is 1.54. The van der Waals surface area contributed by atoms with Gasteiger partial charge in [0.2, 0.25) is 0 Å². The lowest BCUT2D eigenvalue weighted by molar-refractivity contribution is 0.0927. The van der Waals surface area contributed by atoms with E-state index in [9.17, 15) is 9.90 Å². The van der Waals surface area contributed by atoms with Crippen LogP contribution in [0.2, 0.25) is 0 Å². The first-order valence-electron chi connectivity index (χ1n) is 8.01. The van der Waals surface area contributed by atoms with E-state index in [1.165, 1.54) is 6.42 Å². The van der Waals surface area contributed by atoms with Gasteiger partial charge in [0.05, 0.1) is 6.10 Å². The van der Waals surface area contributed by atoms with Gasteiger partial charge in [-0.15, -0.1) is 24.8 Å². The molecule has 6 nitrogen and oxygen atoms in total. The van der Waals surface area contributed by atoms with E-state index in [1.807, 2.05) is 6.07 Å². The Morgan fingerprint density at radius 2 is 2.25 bits per heavy atom. The number of hydrogen-bond donors (Lipinski definition) is 3. The smallest absolute Gasteiger partial charge is 0.251 e. The van der Waals surface area contributed by atoms with Gasteiger partial charge in [0.25, 0.3) is 5.91 Å². The van der Waals surface area contributed by atoms with Crippen molar-refractivity contribution in [2.24, 2.45) is 11.8 Å². The van der Waals surface area contributed by atoms with Crippen molar-refractivity contribution in [1.29, 1.82) is 0 Å². The van der Waals surface area contributed by atoms with Gasteiger partial charge >= 0.3 is 0 Å². The summed E-state index contributed by atoms with van der Waals surface area (Å²) in [6.07, 6.45) is 2.49. The molecular weight excluding hydrogens is 351 g/mol. The van der Waals surface area contributed by atoms with Crippen LogP contribution >= 0.6 is 24.8 Å². The molecule has 2 saturated heterocycles. The standard InChI is InChI=1S/C16H24N4O2.2ClH/c1-11-3-5-20(10-11)15-6-12(2-4-18-15)16(22)19-8-13-7-17-9-14(13)21;;/h2,4,6,11,13-14,17,21H,3,5,7-10H2,1H3,(H,19,22);2*1H. The molecule has 24 heavy (non-hydrogen) atoms. The number of aliphatic hydroxyl groups is 1. The minimum Gasteiger partial charge on any atom is -0.391 e. The zero-order chi connectivity index (χ0) is 15.5. The summed E-state index contributed by atoms with van der Waals surface area (Å²) in [5, 5.41) is 15.8. The maximum absolute atomic E-state index is 12.3. The maximum atomic E-state index is 12.3. The van der Waals surface area contributed by atoms with Gasteiger partial charge in [-0.1, -0.05) is 6.92 Å². The van der Waals surface area contributed by atoms with Crippen LogP contribution in [-0.2, 0) is 0 Å². The molecule has 0 bridgehead atoms. The van der Waals surface area contributed by atoms with Gasteiger partial charge in [0.15, 0.2) is 0 Å². The molecule has 2 fully saturated rings. The van der Waals surface area contributed by atoms with E-state index in [2.05, 4.69) is 27.4 Å². The first-order chi connectivity index (χ1) is 10.6. The highest BCUT2D eigenvalue weighted by molar-refractivity contribution is 5.94. The zero-order valence-corrected chi connectivity index (χ0v) is 15.4. The third kappa shape index (κ3) is 4.96. The number of anilines is 1. The quantitative estimate of drug-likeness (QED) is 0.732. The number of rotatable bonds is 4. The number of aromatic nitrogens is 1. The van der Waals surface area contributed by atoms with Crippen LogP contribution in [0.1, 0.15) is 23.7 Å². The maximum Gasteiger partial charge on any atom is 0.251 e. The number of nitrogens with one attached hydrogen (secondary N) is 2. The van der Waals surface area contributed by atoms with Crippen molar-refractivity contribution in [3.8, 4) is 0 Å². The van der Waals surface area contributed by atoms with Gasteiger partial charge in [0, 0.05) is 50.4 Å². The summed E-state index contributed by atoms with van der Waals surface area (Å²) in [5.41, 5.74) is 0.630. The zero-order valence-electron chi connectivity index (χ0n) is 13.8. The fourth-order valence-corrected chi connectivity index (χ4v) is 3.13. The Hall–Kier alpha value is -1.08. The van der Waals surface area contributed by atoms with E-state index in [0.717, 1.165) is 25.5 Å². The minimum absolute atomic E-state index is 0. The van der Waals surface area contributed by atoms with Crippen LogP contribution in [0, 0.1) is 11.8 Å². The molecule has 136 valence electrons. The van der Waals surface area contributed by atoms with Crippen molar-refractivity contribution in [2.75, 3.05) is 37.6 Å². The van der Waals surface area contributed by atoms with E-state index in [1.54, 1.807) is 12.3 Å². The van der Waals surface area contributed by atoms with Crippen LogP contribution in [0.25, 0.3) is 0 Å². The highest BCUT2D eigenvalue weighted by atomic mass is 35.5. The van der Waals surface area contributed by atoms with Crippen molar-refractivity contribution in [3.05, 3.63) is 23.9 Å². The fraction of sp³-hybridized carbons (Fsp3) is 0.625. The molecule has 0 aliphatic carbocycles. The number of aliphatic hydroxyl groups excluding tert-OH is 1. The Balaban J connectivity index is 0.00000144. The van der Waals surface area contributed by atoms with Gasteiger partial charge in [-0.2, -0.15) is 0 Å². The summed E-state index contributed by atoms with van der Waals surface area (Å²) >= 11 is 0. The monoisotopic (exact) mass is 376 g/mol. The van der Waals surface area contributed by atoms with Gasteiger partial charge in [0.1, 0.15) is 5.82 Å². The van der Waals surface area contributed by atoms with Gasteiger partial charge in [-0.3, -0.25) is 4.79 Å². The van der Waals surface area contributed by atoms with Gasteiger partial charge in [-0.05, 0) is 24.5 Å². The van der Waals surface area contributed by atoms with E-state index in [-0.39, 0.29) is 42.7 Å². The molecular formula is C16H26Cl2N4O2. The molecule has 3 N–H and O–H groups in total. The second-order valence-corrected chi connectivity index (χ2v) is 6.44. The number of hydrogen-bond acceptors (Lipinski definition) is 5. The lowest BCUT2D eigenvalue weighted by Crippen LogP contribution is -2.34. The number of carbonyl (C=O) groups is 1. The number of pyridine rings is 1. The summed E-state index contributed by atoms with van der Waals surface area (Å²) in [6.45, 7) is 6.07.